The third-order valence-corrected chi connectivity index (χ3v) is 2.59. The molecule has 0 fully saturated rings. The van der Waals surface area contributed by atoms with E-state index in [9.17, 15) is 0 Å². The molecule has 0 saturated heterocycles. The van der Waals surface area contributed by atoms with Crippen LogP contribution >= 0.6 is 23.2 Å². The molecule has 0 aliphatic carbocycles. The molecule has 0 spiro atoms. The smallest absolute Gasteiger partial charge is 0.224 e. The highest BCUT2D eigenvalue weighted by Gasteiger charge is 2.13. The van der Waals surface area contributed by atoms with E-state index in [0.29, 0.717) is 22.4 Å². The Hall–Kier alpha value is -1.26. The van der Waals surface area contributed by atoms with E-state index in [0.717, 1.165) is 0 Å². The summed E-state index contributed by atoms with van der Waals surface area (Å²) in [6, 6.07) is 3.50. The predicted molar refractivity (Wildman–Crippen MR) is 62.7 cm³/mol. The van der Waals surface area contributed by atoms with Gasteiger partial charge in [0, 0.05) is 5.39 Å². The molecular weight excluding hydrogens is 251 g/mol. The minimum Gasteiger partial charge on any atom is -0.493 e. The molecule has 1 aromatic heterocycles. The Morgan fingerprint density at radius 3 is 2.44 bits per heavy atom. The number of benzene rings is 1. The lowest BCUT2D eigenvalue weighted by Crippen LogP contribution is -1.95. The molecule has 84 valence electrons. The summed E-state index contributed by atoms with van der Waals surface area (Å²) >= 11 is 11.7. The maximum atomic E-state index is 5.95. The molecule has 2 rings (SSSR count). The van der Waals surface area contributed by atoms with Gasteiger partial charge in [0.15, 0.2) is 11.5 Å². The zero-order chi connectivity index (χ0) is 11.7. The maximum absolute atomic E-state index is 5.95. The number of hydrogen-bond donors (Lipinski definition) is 0. The zero-order valence-electron chi connectivity index (χ0n) is 8.62. The van der Waals surface area contributed by atoms with Crippen molar-refractivity contribution in [1.82, 2.24) is 9.97 Å². The first-order valence-corrected chi connectivity index (χ1v) is 5.16. The van der Waals surface area contributed by atoms with Crippen molar-refractivity contribution in [2.75, 3.05) is 14.2 Å². The van der Waals surface area contributed by atoms with Gasteiger partial charge in [-0.1, -0.05) is 11.6 Å². The summed E-state index contributed by atoms with van der Waals surface area (Å²) in [6.45, 7) is 0. The van der Waals surface area contributed by atoms with Crippen molar-refractivity contribution in [3.8, 4) is 11.5 Å². The lowest BCUT2D eigenvalue weighted by atomic mass is 10.2. The molecule has 0 aliphatic heterocycles. The fourth-order valence-electron chi connectivity index (χ4n) is 1.45. The van der Waals surface area contributed by atoms with Gasteiger partial charge in [0.05, 0.1) is 14.2 Å². The third kappa shape index (κ3) is 1.74. The van der Waals surface area contributed by atoms with E-state index in [-0.39, 0.29) is 10.4 Å². The largest absolute Gasteiger partial charge is 0.493 e. The van der Waals surface area contributed by atoms with E-state index in [4.69, 9.17) is 32.7 Å². The van der Waals surface area contributed by atoms with Crippen molar-refractivity contribution in [3.63, 3.8) is 0 Å². The molecule has 0 saturated carbocycles. The number of fused-ring (bicyclic) bond motifs is 1. The van der Waals surface area contributed by atoms with Crippen LogP contribution in [0.5, 0.6) is 11.5 Å². The van der Waals surface area contributed by atoms with Gasteiger partial charge in [0.2, 0.25) is 5.28 Å². The monoisotopic (exact) mass is 258 g/mol. The number of halogens is 2. The Kier molecular flexibility index (Phi) is 3.03. The first-order chi connectivity index (χ1) is 7.67. The molecule has 0 radical (unpaired) electrons. The second-order valence-electron chi connectivity index (χ2n) is 2.98. The molecule has 0 N–H and O–H groups in total. The van der Waals surface area contributed by atoms with Crippen molar-refractivity contribution in [2.45, 2.75) is 0 Å². The van der Waals surface area contributed by atoms with E-state index < -0.39 is 0 Å². The number of methoxy groups -OCH3 is 2. The van der Waals surface area contributed by atoms with E-state index >= 15 is 0 Å². The molecule has 2 aromatic rings. The predicted octanol–water partition coefficient (Wildman–Crippen LogP) is 2.95. The quantitative estimate of drug-likeness (QED) is 0.614. The number of hydrogen-bond acceptors (Lipinski definition) is 4. The number of aromatic nitrogens is 2. The van der Waals surface area contributed by atoms with Crippen LogP contribution in [0.1, 0.15) is 0 Å². The average Bonchev–Trinajstić information content (AvgIpc) is 2.27. The third-order valence-electron chi connectivity index (χ3n) is 2.14. The molecule has 6 heteroatoms. The number of ether oxygens (including phenoxy) is 2. The highest BCUT2D eigenvalue weighted by molar-refractivity contribution is 6.35. The van der Waals surface area contributed by atoms with Crippen LogP contribution in [0.2, 0.25) is 10.4 Å². The van der Waals surface area contributed by atoms with Gasteiger partial charge in [-0.3, -0.25) is 0 Å². The average molecular weight is 259 g/mol. The zero-order valence-corrected chi connectivity index (χ0v) is 10.1. The second-order valence-corrected chi connectivity index (χ2v) is 3.68. The van der Waals surface area contributed by atoms with Crippen molar-refractivity contribution in [3.05, 3.63) is 22.6 Å². The van der Waals surface area contributed by atoms with Crippen LogP contribution in [0.15, 0.2) is 12.1 Å². The van der Waals surface area contributed by atoms with Gasteiger partial charge in [-0.2, -0.15) is 0 Å². The molecule has 0 bridgehead atoms. The Labute approximate surface area is 102 Å². The summed E-state index contributed by atoms with van der Waals surface area (Å²) in [4.78, 5) is 7.94. The van der Waals surface area contributed by atoms with Crippen LogP contribution in [0.3, 0.4) is 0 Å². The highest BCUT2D eigenvalue weighted by Crippen LogP contribution is 2.36. The summed E-state index contributed by atoms with van der Waals surface area (Å²) in [6.07, 6.45) is 0. The Balaban J connectivity index is 2.86. The number of rotatable bonds is 2. The van der Waals surface area contributed by atoms with Crippen molar-refractivity contribution < 1.29 is 9.47 Å². The van der Waals surface area contributed by atoms with Crippen LogP contribution in [0.25, 0.3) is 10.9 Å². The first kappa shape index (κ1) is 11.2. The first-order valence-electron chi connectivity index (χ1n) is 4.41. The summed E-state index contributed by atoms with van der Waals surface area (Å²) in [5.74, 6) is 1.06. The van der Waals surface area contributed by atoms with Crippen LogP contribution in [-0.4, -0.2) is 24.2 Å². The molecule has 0 amide bonds. The van der Waals surface area contributed by atoms with Gasteiger partial charge >= 0.3 is 0 Å². The van der Waals surface area contributed by atoms with Crippen molar-refractivity contribution in [1.29, 1.82) is 0 Å². The van der Waals surface area contributed by atoms with Gasteiger partial charge in [-0.15, -0.1) is 0 Å². The molecular formula is C10H8Cl2N2O2. The van der Waals surface area contributed by atoms with Gasteiger partial charge in [0.25, 0.3) is 0 Å². The van der Waals surface area contributed by atoms with Gasteiger partial charge in [0.1, 0.15) is 10.7 Å². The highest BCUT2D eigenvalue weighted by atomic mass is 35.5. The summed E-state index contributed by atoms with van der Waals surface area (Å²) in [5, 5.41) is 1.03. The maximum Gasteiger partial charge on any atom is 0.224 e. The number of nitrogens with zero attached hydrogens (tertiary/aromatic N) is 2. The summed E-state index contributed by atoms with van der Waals surface area (Å²) in [5.41, 5.74) is 0.534. The minimum atomic E-state index is 0.0732. The van der Waals surface area contributed by atoms with Crippen LogP contribution in [0, 0.1) is 0 Å². The van der Waals surface area contributed by atoms with Crippen LogP contribution in [-0.2, 0) is 0 Å². The standard InChI is InChI=1S/C10H8Cl2N2O2/c1-15-6-4-3-5-7(8(6)16-2)13-10(12)14-9(5)11/h3-4H,1-2H3. The topological polar surface area (TPSA) is 44.2 Å². The normalized spacial score (nSPS) is 10.5. The Morgan fingerprint density at radius 2 is 1.81 bits per heavy atom. The molecule has 1 heterocycles. The van der Waals surface area contributed by atoms with Crippen LogP contribution in [0.4, 0.5) is 0 Å². The molecule has 16 heavy (non-hydrogen) atoms. The van der Waals surface area contributed by atoms with Gasteiger partial charge in [-0.05, 0) is 23.7 Å². The van der Waals surface area contributed by atoms with E-state index in [1.54, 1.807) is 19.2 Å². The second kappa shape index (κ2) is 4.31. The minimum absolute atomic E-state index is 0.0732. The van der Waals surface area contributed by atoms with Crippen LogP contribution < -0.4 is 9.47 Å². The molecule has 0 aliphatic rings. The summed E-state index contributed by atoms with van der Waals surface area (Å²) < 4.78 is 10.4. The molecule has 4 nitrogen and oxygen atoms in total. The SMILES string of the molecule is COc1ccc2c(Cl)nc(Cl)nc2c1OC. The molecule has 1 aromatic carbocycles. The molecule has 0 unspecified atom stereocenters. The lowest BCUT2D eigenvalue weighted by molar-refractivity contribution is 0.358. The fourth-order valence-corrected chi connectivity index (χ4v) is 1.89. The van der Waals surface area contributed by atoms with E-state index in [2.05, 4.69) is 9.97 Å². The van der Waals surface area contributed by atoms with E-state index in [1.165, 1.54) is 7.11 Å². The van der Waals surface area contributed by atoms with Gasteiger partial charge < -0.3 is 9.47 Å². The summed E-state index contributed by atoms with van der Waals surface area (Å²) in [7, 11) is 3.08. The fraction of sp³-hybridized carbons (Fsp3) is 0.200. The van der Waals surface area contributed by atoms with Crippen molar-refractivity contribution >= 4 is 34.1 Å². The lowest BCUT2D eigenvalue weighted by Gasteiger charge is -2.10. The van der Waals surface area contributed by atoms with Crippen molar-refractivity contribution in [2.24, 2.45) is 0 Å². The van der Waals surface area contributed by atoms with Gasteiger partial charge in [-0.25, -0.2) is 9.97 Å². The van der Waals surface area contributed by atoms with E-state index in [1.807, 2.05) is 0 Å². The Morgan fingerprint density at radius 1 is 1.06 bits per heavy atom. The Bertz CT molecular complexity index is 546. The molecule has 0 atom stereocenters.